The van der Waals surface area contributed by atoms with Gasteiger partial charge in [0.05, 0.1) is 0 Å². The van der Waals surface area contributed by atoms with Gasteiger partial charge in [0.25, 0.3) is 0 Å². The Bertz CT molecular complexity index is 1980. The molecule has 1 aromatic heterocycles. The summed E-state index contributed by atoms with van der Waals surface area (Å²) in [6.07, 6.45) is 0. The molecule has 0 bridgehead atoms. The van der Waals surface area contributed by atoms with E-state index in [0.717, 1.165) is 34.2 Å². The smallest absolute Gasteiger partial charge is 0.137 e. The largest absolute Gasteiger partial charge is 0.456 e. The van der Waals surface area contributed by atoms with Gasteiger partial charge in [-0.2, -0.15) is 0 Å². The molecule has 0 fully saturated rings. The van der Waals surface area contributed by atoms with Gasteiger partial charge in [-0.25, -0.2) is 17.6 Å². The van der Waals surface area contributed by atoms with Crippen molar-refractivity contribution >= 4 is 39.0 Å². The molecule has 0 atom stereocenters. The van der Waals surface area contributed by atoms with Gasteiger partial charge in [-0.1, -0.05) is 42.5 Å². The van der Waals surface area contributed by atoms with Crippen molar-refractivity contribution < 1.29 is 22.0 Å². The summed E-state index contributed by atoms with van der Waals surface area (Å²) in [5.74, 6) is -2.68. The van der Waals surface area contributed by atoms with Gasteiger partial charge < -0.3 is 9.32 Å². The maximum Gasteiger partial charge on any atom is 0.137 e. The average molecular weight is 560 g/mol. The highest BCUT2D eigenvalue weighted by Crippen LogP contribution is 2.41. The molecule has 0 unspecified atom stereocenters. The number of anilines is 3. The molecule has 0 aliphatic heterocycles. The lowest BCUT2D eigenvalue weighted by atomic mass is 10.0. The summed E-state index contributed by atoms with van der Waals surface area (Å²) < 4.78 is 62.5. The number of furan rings is 1. The summed E-state index contributed by atoms with van der Waals surface area (Å²) in [4.78, 5) is 1.96. The number of hydrogen-bond donors (Lipinski definition) is 0. The van der Waals surface area contributed by atoms with E-state index in [1.54, 1.807) is 12.1 Å². The zero-order valence-electron chi connectivity index (χ0n) is 22.0. The molecule has 0 saturated carbocycles. The van der Waals surface area contributed by atoms with E-state index in [1.165, 1.54) is 24.3 Å². The van der Waals surface area contributed by atoms with Crippen LogP contribution in [0.5, 0.6) is 0 Å². The van der Waals surface area contributed by atoms with Crippen LogP contribution in [0.2, 0.25) is 0 Å². The number of nitrogens with zero attached hydrogens (tertiary/aromatic N) is 1. The lowest BCUT2D eigenvalue weighted by molar-refractivity contribution is 0.583. The predicted molar refractivity (Wildman–Crippen MR) is 159 cm³/mol. The van der Waals surface area contributed by atoms with E-state index in [0.29, 0.717) is 39.2 Å². The van der Waals surface area contributed by atoms with Crippen LogP contribution in [-0.4, -0.2) is 0 Å². The molecule has 1 heterocycles. The Balaban J connectivity index is 1.42. The van der Waals surface area contributed by atoms with Gasteiger partial charge in [0.15, 0.2) is 0 Å². The monoisotopic (exact) mass is 559 g/mol. The summed E-state index contributed by atoms with van der Waals surface area (Å²) in [7, 11) is 0. The first kappa shape index (κ1) is 25.6. The minimum atomic E-state index is -0.669. The van der Waals surface area contributed by atoms with E-state index in [9.17, 15) is 17.6 Å². The number of rotatable bonds is 5. The molecule has 7 aromatic rings. The van der Waals surface area contributed by atoms with Gasteiger partial charge in [0, 0.05) is 46.0 Å². The van der Waals surface area contributed by atoms with Crippen molar-refractivity contribution in [1.29, 1.82) is 0 Å². The van der Waals surface area contributed by atoms with Crippen molar-refractivity contribution in [2.75, 3.05) is 4.90 Å². The molecule has 0 radical (unpaired) electrons. The third-order valence-electron chi connectivity index (χ3n) is 7.22. The van der Waals surface area contributed by atoms with E-state index in [2.05, 4.69) is 0 Å². The molecule has 42 heavy (non-hydrogen) atoms. The first-order chi connectivity index (χ1) is 20.4. The van der Waals surface area contributed by atoms with Crippen molar-refractivity contribution in [2.45, 2.75) is 0 Å². The van der Waals surface area contributed by atoms with E-state index < -0.39 is 23.3 Å². The highest BCUT2D eigenvalue weighted by atomic mass is 19.1. The van der Waals surface area contributed by atoms with Crippen LogP contribution in [0.15, 0.2) is 132 Å². The van der Waals surface area contributed by atoms with Crippen LogP contribution in [0.4, 0.5) is 34.6 Å². The first-order valence-electron chi connectivity index (χ1n) is 13.3. The molecular formula is C36H21F4NO. The molecule has 0 spiro atoms. The lowest BCUT2D eigenvalue weighted by Crippen LogP contribution is -2.10. The Labute approximate surface area is 238 Å². The van der Waals surface area contributed by atoms with Crippen LogP contribution in [0, 0.1) is 23.3 Å². The summed E-state index contributed by atoms with van der Waals surface area (Å²) in [6, 6.07) is 35.1. The Morgan fingerprint density at radius 2 is 0.881 bits per heavy atom. The highest BCUT2D eigenvalue weighted by molar-refractivity contribution is 6.06. The van der Waals surface area contributed by atoms with E-state index in [-0.39, 0.29) is 0 Å². The Hall–Kier alpha value is -5.36. The second kappa shape index (κ2) is 10.2. The highest BCUT2D eigenvalue weighted by Gasteiger charge is 2.17. The molecule has 0 saturated heterocycles. The standard InChI is InChI=1S/C36H21F4NO/c37-26-13-24(14-27(38)19-26)22-5-3-7-30(17-22)41(31-8-4-6-23(18-31)25-15-28(39)20-29(40)16-25)32-11-12-34-33-9-1-2-10-35(33)42-36(34)21-32/h1-21H. The summed E-state index contributed by atoms with van der Waals surface area (Å²) >= 11 is 0. The SMILES string of the molecule is Fc1cc(F)cc(-c2cccc(N(c3cccc(-c4cc(F)cc(F)c4)c3)c3ccc4c(c3)oc3ccccc34)c2)c1. The molecular weight excluding hydrogens is 538 g/mol. The third-order valence-corrected chi connectivity index (χ3v) is 7.22. The third kappa shape index (κ3) is 4.77. The first-order valence-corrected chi connectivity index (χ1v) is 13.3. The fourth-order valence-electron chi connectivity index (χ4n) is 5.39. The summed E-state index contributed by atoms with van der Waals surface area (Å²) in [5, 5.41) is 1.96. The second-order valence-electron chi connectivity index (χ2n) is 10.0. The van der Waals surface area contributed by atoms with Gasteiger partial charge in [0.1, 0.15) is 34.4 Å². The molecule has 6 heteroatoms. The fourth-order valence-corrected chi connectivity index (χ4v) is 5.39. The van der Waals surface area contributed by atoms with Gasteiger partial charge in [0.2, 0.25) is 0 Å². The van der Waals surface area contributed by atoms with Crippen LogP contribution < -0.4 is 4.90 Å². The van der Waals surface area contributed by atoms with Crippen LogP contribution in [0.25, 0.3) is 44.2 Å². The molecule has 0 N–H and O–H groups in total. The molecule has 0 aliphatic rings. The lowest BCUT2D eigenvalue weighted by Gasteiger charge is -2.26. The van der Waals surface area contributed by atoms with E-state index >= 15 is 0 Å². The van der Waals surface area contributed by atoms with Gasteiger partial charge in [-0.3, -0.25) is 0 Å². The van der Waals surface area contributed by atoms with Crippen LogP contribution in [0.1, 0.15) is 0 Å². The van der Waals surface area contributed by atoms with Crippen molar-refractivity contribution in [3.63, 3.8) is 0 Å². The molecule has 0 aliphatic carbocycles. The Kier molecular flexibility index (Phi) is 6.24. The normalized spacial score (nSPS) is 11.3. The Morgan fingerprint density at radius 3 is 1.45 bits per heavy atom. The Morgan fingerprint density at radius 1 is 0.381 bits per heavy atom. The number of hydrogen-bond acceptors (Lipinski definition) is 2. The summed E-state index contributed by atoms with van der Waals surface area (Å²) in [6.45, 7) is 0. The van der Waals surface area contributed by atoms with Gasteiger partial charge in [-0.15, -0.1) is 0 Å². The van der Waals surface area contributed by atoms with Crippen LogP contribution in [-0.2, 0) is 0 Å². The predicted octanol–water partition coefficient (Wildman–Crippen LogP) is 10.9. The van der Waals surface area contributed by atoms with Crippen molar-refractivity contribution in [2.24, 2.45) is 0 Å². The number of para-hydroxylation sites is 1. The molecule has 204 valence electrons. The summed E-state index contributed by atoms with van der Waals surface area (Å²) in [5.41, 5.74) is 5.63. The van der Waals surface area contributed by atoms with E-state index in [1.807, 2.05) is 83.8 Å². The quantitative estimate of drug-likeness (QED) is 0.195. The number of benzene rings is 6. The second-order valence-corrected chi connectivity index (χ2v) is 10.0. The van der Waals surface area contributed by atoms with Crippen LogP contribution in [0.3, 0.4) is 0 Å². The van der Waals surface area contributed by atoms with Crippen molar-refractivity contribution in [1.82, 2.24) is 0 Å². The van der Waals surface area contributed by atoms with Gasteiger partial charge in [-0.05, 0) is 89.0 Å². The zero-order chi connectivity index (χ0) is 28.8. The fraction of sp³-hybridized carbons (Fsp3) is 0. The maximum absolute atomic E-state index is 14.1. The van der Waals surface area contributed by atoms with Gasteiger partial charge >= 0.3 is 0 Å². The van der Waals surface area contributed by atoms with Crippen molar-refractivity contribution in [3.8, 4) is 22.3 Å². The number of fused-ring (bicyclic) bond motifs is 3. The average Bonchev–Trinajstić information content (AvgIpc) is 3.35. The topological polar surface area (TPSA) is 16.4 Å². The molecule has 2 nitrogen and oxygen atoms in total. The number of halogens is 4. The van der Waals surface area contributed by atoms with Crippen LogP contribution >= 0.6 is 0 Å². The zero-order valence-corrected chi connectivity index (χ0v) is 22.0. The minimum absolute atomic E-state index is 0.394. The molecule has 0 amide bonds. The minimum Gasteiger partial charge on any atom is -0.456 e. The van der Waals surface area contributed by atoms with Crippen molar-refractivity contribution in [3.05, 3.63) is 151 Å². The molecule has 7 rings (SSSR count). The molecule has 6 aromatic carbocycles. The maximum atomic E-state index is 14.1. The van der Waals surface area contributed by atoms with E-state index in [4.69, 9.17) is 4.42 Å².